The van der Waals surface area contributed by atoms with Gasteiger partial charge in [-0.25, -0.2) is 5.43 Å². The van der Waals surface area contributed by atoms with Crippen molar-refractivity contribution in [3.05, 3.63) is 99.0 Å². The second-order valence-corrected chi connectivity index (χ2v) is 9.88. The summed E-state index contributed by atoms with van der Waals surface area (Å²) in [4.78, 5) is 12.4. The molecule has 0 aliphatic carbocycles. The first-order valence-corrected chi connectivity index (χ1v) is 12.9. The molecular weight excluding hydrogens is 569 g/mol. The van der Waals surface area contributed by atoms with Crippen LogP contribution in [0.5, 0.6) is 0 Å². The fourth-order valence-electron chi connectivity index (χ4n) is 3.05. The predicted octanol–water partition coefficient (Wildman–Crippen LogP) is 6.87. The van der Waals surface area contributed by atoms with E-state index >= 15 is 0 Å². The van der Waals surface area contributed by atoms with Crippen LogP contribution in [0.25, 0.3) is 23.2 Å². The highest BCUT2D eigenvalue weighted by Crippen LogP contribution is 2.29. The Bertz CT molecular complexity index is 1360. The van der Waals surface area contributed by atoms with E-state index in [0.717, 1.165) is 21.3 Å². The van der Waals surface area contributed by atoms with E-state index < -0.39 is 0 Å². The number of benzene rings is 3. The van der Waals surface area contributed by atoms with Crippen molar-refractivity contribution < 1.29 is 4.79 Å². The van der Waals surface area contributed by atoms with Crippen molar-refractivity contribution in [1.82, 2.24) is 20.2 Å². The highest BCUT2D eigenvalue weighted by atomic mass is 79.9. The molecule has 1 N–H and O–H groups in total. The lowest BCUT2D eigenvalue weighted by Crippen LogP contribution is -2.19. The van der Waals surface area contributed by atoms with Crippen molar-refractivity contribution >= 4 is 69.1 Å². The Morgan fingerprint density at radius 2 is 1.63 bits per heavy atom. The minimum atomic E-state index is -0.273. The first kappa shape index (κ1) is 25.2. The lowest BCUT2D eigenvalue weighted by Gasteiger charge is -2.10. The van der Waals surface area contributed by atoms with Gasteiger partial charge in [-0.05, 0) is 76.1 Å². The number of hydrogen-bond acceptors (Lipinski definition) is 5. The van der Waals surface area contributed by atoms with Gasteiger partial charge in [0.25, 0.3) is 5.91 Å². The second-order valence-electron chi connectivity index (χ2n) is 7.15. The van der Waals surface area contributed by atoms with Crippen molar-refractivity contribution in [2.75, 3.05) is 5.75 Å². The van der Waals surface area contributed by atoms with Gasteiger partial charge in [0.15, 0.2) is 11.0 Å². The molecule has 0 aliphatic heterocycles. The maximum Gasteiger partial charge on any atom is 0.250 e. The maximum absolute atomic E-state index is 12.4. The molecule has 4 rings (SSSR count). The Morgan fingerprint density at radius 1 is 0.971 bits per heavy atom. The first-order valence-electron chi connectivity index (χ1n) is 10.3. The minimum absolute atomic E-state index is 0.101. The molecule has 0 spiro atoms. The number of amides is 1. The highest BCUT2D eigenvalue weighted by molar-refractivity contribution is 9.12. The van der Waals surface area contributed by atoms with E-state index in [1.807, 2.05) is 65.2 Å². The van der Waals surface area contributed by atoms with Crippen LogP contribution < -0.4 is 5.43 Å². The predicted molar refractivity (Wildman–Crippen MR) is 148 cm³/mol. The lowest BCUT2D eigenvalue weighted by atomic mass is 10.2. The Morgan fingerprint density at radius 3 is 2.31 bits per heavy atom. The molecule has 0 fully saturated rings. The van der Waals surface area contributed by atoms with Gasteiger partial charge in [0, 0.05) is 25.8 Å². The molecule has 0 aliphatic rings. The van der Waals surface area contributed by atoms with Gasteiger partial charge in [-0.2, -0.15) is 5.10 Å². The highest BCUT2D eigenvalue weighted by Gasteiger charge is 2.17. The third kappa shape index (κ3) is 7.05. The Labute approximate surface area is 225 Å². The molecule has 0 bridgehead atoms. The molecule has 0 radical (unpaired) electrons. The molecule has 0 atom stereocenters. The zero-order valence-corrected chi connectivity index (χ0v) is 22.0. The van der Waals surface area contributed by atoms with Crippen molar-refractivity contribution in [2.45, 2.75) is 5.16 Å². The zero-order chi connectivity index (χ0) is 24.6. The van der Waals surface area contributed by atoms with Gasteiger partial charge in [0.2, 0.25) is 0 Å². The number of aromatic nitrogens is 3. The molecule has 10 heteroatoms. The van der Waals surface area contributed by atoms with E-state index in [4.69, 9.17) is 23.2 Å². The van der Waals surface area contributed by atoms with Gasteiger partial charge in [0.05, 0.1) is 12.0 Å². The van der Waals surface area contributed by atoms with Crippen LogP contribution >= 0.6 is 50.9 Å². The normalized spacial score (nSPS) is 11.7. The first-order chi connectivity index (χ1) is 17.0. The molecule has 1 aromatic heterocycles. The number of allylic oxidation sites excluding steroid dienone is 1. The second kappa shape index (κ2) is 12.2. The number of nitrogens with one attached hydrogen (secondary N) is 1. The van der Waals surface area contributed by atoms with E-state index in [0.29, 0.717) is 21.0 Å². The summed E-state index contributed by atoms with van der Waals surface area (Å²) in [6.07, 6.45) is 3.43. The van der Waals surface area contributed by atoms with Crippen LogP contribution in [-0.4, -0.2) is 32.6 Å². The minimum Gasteiger partial charge on any atom is -0.272 e. The number of halogens is 3. The number of hydrazone groups is 1. The molecule has 0 unspecified atom stereocenters. The summed E-state index contributed by atoms with van der Waals surface area (Å²) in [6, 6.07) is 24.4. The van der Waals surface area contributed by atoms with Crippen LogP contribution in [0.15, 0.2) is 93.6 Å². The van der Waals surface area contributed by atoms with Crippen molar-refractivity contribution in [3.8, 4) is 17.1 Å². The zero-order valence-electron chi connectivity index (χ0n) is 18.1. The van der Waals surface area contributed by atoms with E-state index in [9.17, 15) is 4.79 Å². The smallest absolute Gasteiger partial charge is 0.250 e. The van der Waals surface area contributed by atoms with Crippen LogP contribution in [0, 0.1) is 0 Å². The SMILES string of the molecule is O=C(CSc1nnc(-c2ccc(Cl)cc2)n1-c1ccc(Cl)cc1)NN=CC(Br)=Cc1ccccc1. The lowest BCUT2D eigenvalue weighted by molar-refractivity contribution is -0.118. The molecule has 1 heterocycles. The number of rotatable bonds is 8. The summed E-state index contributed by atoms with van der Waals surface area (Å²) in [6.45, 7) is 0. The summed E-state index contributed by atoms with van der Waals surface area (Å²) in [7, 11) is 0. The van der Waals surface area contributed by atoms with E-state index in [1.54, 1.807) is 24.3 Å². The van der Waals surface area contributed by atoms with Crippen molar-refractivity contribution in [3.63, 3.8) is 0 Å². The standard InChI is InChI=1S/C25H18BrCl2N5OS/c26-19(14-17-4-2-1-3-5-17)15-29-30-23(34)16-35-25-32-31-24(18-6-8-20(27)9-7-18)33(25)22-12-10-21(28)11-13-22/h1-15H,16H2,(H,30,34). The van der Waals surface area contributed by atoms with Crippen molar-refractivity contribution in [1.29, 1.82) is 0 Å². The summed E-state index contributed by atoms with van der Waals surface area (Å²) >= 11 is 16.8. The van der Waals surface area contributed by atoms with E-state index in [1.165, 1.54) is 18.0 Å². The van der Waals surface area contributed by atoms with E-state index in [2.05, 4.69) is 36.7 Å². The quantitative estimate of drug-likeness (QED) is 0.139. The molecule has 4 aromatic rings. The van der Waals surface area contributed by atoms with E-state index in [-0.39, 0.29) is 11.7 Å². The topological polar surface area (TPSA) is 72.2 Å². The fraction of sp³-hybridized carbons (Fsp3) is 0.0400. The average molecular weight is 587 g/mol. The van der Waals surface area contributed by atoms with Gasteiger partial charge >= 0.3 is 0 Å². The number of hydrogen-bond donors (Lipinski definition) is 1. The van der Waals surface area contributed by atoms with Crippen LogP contribution in [0.4, 0.5) is 0 Å². The largest absolute Gasteiger partial charge is 0.272 e. The summed E-state index contributed by atoms with van der Waals surface area (Å²) in [5.41, 5.74) is 5.21. The monoisotopic (exact) mass is 585 g/mol. The number of carbonyl (C=O) groups excluding carboxylic acids is 1. The van der Waals surface area contributed by atoms with Gasteiger partial charge in [-0.15, -0.1) is 10.2 Å². The van der Waals surface area contributed by atoms with Crippen LogP contribution in [0.1, 0.15) is 5.56 Å². The van der Waals surface area contributed by atoms with Gasteiger partial charge < -0.3 is 0 Å². The summed E-state index contributed by atoms with van der Waals surface area (Å²) in [5.74, 6) is 0.453. The molecule has 1 amide bonds. The summed E-state index contributed by atoms with van der Waals surface area (Å²) in [5, 5.41) is 14.5. The number of thioether (sulfide) groups is 1. The number of nitrogens with zero attached hydrogens (tertiary/aromatic N) is 4. The third-order valence-corrected chi connectivity index (χ3v) is 6.50. The molecule has 176 valence electrons. The van der Waals surface area contributed by atoms with Crippen LogP contribution in [-0.2, 0) is 4.79 Å². The molecule has 0 saturated carbocycles. The maximum atomic E-state index is 12.4. The van der Waals surface area contributed by atoms with Gasteiger partial charge in [0.1, 0.15) is 0 Å². The van der Waals surface area contributed by atoms with Crippen LogP contribution in [0.2, 0.25) is 10.0 Å². The molecule has 35 heavy (non-hydrogen) atoms. The fourth-order valence-corrected chi connectivity index (χ4v) is 4.41. The average Bonchev–Trinajstić information content (AvgIpc) is 3.28. The Balaban J connectivity index is 1.47. The molecule has 6 nitrogen and oxygen atoms in total. The Kier molecular flexibility index (Phi) is 8.76. The molecule has 3 aromatic carbocycles. The van der Waals surface area contributed by atoms with Crippen molar-refractivity contribution in [2.24, 2.45) is 5.10 Å². The molecular formula is C25H18BrCl2N5OS. The number of carbonyl (C=O) groups is 1. The third-order valence-electron chi connectivity index (χ3n) is 4.63. The van der Waals surface area contributed by atoms with Gasteiger partial charge in [-0.1, -0.05) is 65.3 Å². The Hall–Kier alpha value is -2.91. The summed E-state index contributed by atoms with van der Waals surface area (Å²) < 4.78 is 2.60. The van der Waals surface area contributed by atoms with Gasteiger partial charge in [-0.3, -0.25) is 9.36 Å². The van der Waals surface area contributed by atoms with Crippen LogP contribution in [0.3, 0.4) is 0 Å². The molecule has 0 saturated heterocycles.